The SMILES string of the molecule is COc1ccc(-c2sc(C(C)=O)nc2[N+](=O)[O-])cc1OC. The molecule has 0 spiro atoms. The molecule has 1 aromatic carbocycles. The first-order valence-corrected chi connectivity index (χ1v) is 6.68. The summed E-state index contributed by atoms with van der Waals surface area (Å²) in [5, 5.41) is 11.2. The van der Waals surface area contributed by atoms with E-state index >= 15 is 0 Å². The van der Waals surface area contributed by atoms with Gasteiger partial charge in [0.2, 0.25) is 5.78 Å². The molecule has 2 aromatic rings. The fourth-order valence-electron chi connectivity index (χ4n) is 1.75. The van der Waals surface area contributed by atoms with Gasteiger partial charge >= 0.3 is 5.82 Å². The normalized spacial score (nSPS) is 10.2. The standard InChI is InChI=1S/C13H12N2O5S/c1-7(16)13-14-12(15(17)18)11(21-13)8-4-5-9(19-2)10(6-8)20-3/h4-6H,1-3H3. The Labute approximate surface area is 124 Å². The Bertz CT molecular complexity index is 711. The second-order valence-electron chi connectivity index (χ2n) is 4.05. The van der Waals surface area contributed by atoms with E-state index in [0.717, 1.165) is 11.3 Å². The number of ketones is 1. The lowest BCUT2D eigenvalue weighted by Gasteiger charge is -2.08. The molecule has 0 aliphatic heterocycles. The number of methoxy groups -OCH3 is 2. The highest BCUT2D eigenvalue weighted by Gasteiger charge is 2.26. The van der Waals surface area contributed by atoms with E-state index in [4.69, 9.17) is 9.47 Å². The van der Waals surface area contributed by atoms with Crippen molar-refractivity contribution in [3.05, 3.63) is 33.3 Å². The van der Waals surface area contributed by atoms with E-state index in [-0.39, 0.29) is 16.6 Å². The minimum atomic E-state index is -0.602. The molecule has 0 bridgehead atoms. The number of nitro groups is 1. The largest absolute Gasteiger partial charge is 0.493 e. The van der Waals surface area contributed by atoms with Gasteiger partial charge in [-0.05, 0) is 28.1 Å². The number of benzene rings is 1. The first-order valence-electron chi connectivity index (χ1n) is 5.86. The minimum absolute atomic E-state index is 0.103. The summed E-state index contributed by atoms with van der Waals surface area (Å²) in [7, 11) is 2.98. The number of Topliss-reactive ketones (excluding diaryl/α,β-unsaturated/α-hetero) is 1. The smallest absolute Gasteiger partial charge is 0.383 e. The monoisotopic (exact) mass is 308 g/mol. The van der Waals surface area contributed by atoms with E-state index in [2.05, 4.69) is 4.98 Å². The van der Waals surface area contributed by atoms with Crippen LogP contribution in [0.4, 0.5) is 5.82 Å². The molecule has 110 valence electrons. The number of hydrogen-bond acceptors (Lipinski definition) is 7. The quantitative estimate of drug-likeness (QED) is 0.479. The zero-order chi connectivity index (χ0) is 15.6. The van der Waals surface area contributed by atoms with Gasteiger partial charge < -0.3 is 19.6 Å². The molecule has 0 unspecified atom stereocenters. The van der Waals surface area contributed by atoms with Crippen LogP contribution in [0.2, 0.25) is 0 Å². The summed E-state index contributed by atoms with van der Waals surface area (Å²) in [6, 6.07) is 4.92. The molecule has 1 aromatic heterocycles. The molecular weight excluding hydrogens is 296 g/mol. The third kappa shape index (κ3) is 2.84. The van der Waals surface area contributed by atoms with Gasteiger partial charge in [-0.25, -0.2) is 0 Å². The first kappa shape index (κ1) is 14.9. The van der Waals surface area contributed by atoms with Crippen molar-refractivity contribution >= 4 is 22.9 Å². The molecule has 0 saturated carbocycles. The van der Waals surface area contributed by atoms with Crippen LogP contribution in [0, 0.1) is 10.1 Å². The van der Waals surface area contributed by atoms with E-state index in [1.165, 1.54) is 21.1 Å². The summed E-state index contributed by atoms with van der Waals surface area (Å²) in [6.45, 7) is 1.32. The van der Waals surface area contributed by atoms with Crippen LogP contribution < -0.4 is 9.47 Å². The van der Waals surface area contributed by atoms with E-state index in [1.807, 2.05) is 0 Å². The lowest BCUT2D eigenvalue weighted by Crippen LogP contribution is -1.94. The van der Waals surface area contributed by atoms with E-state index in [0.29, 0.717) is 21.9 Å². The van der Waals surface area contributed by atoms with Crippen molar-refractivity contribution in [3.8, 4) is 21.9 Å². The number of rotatable bonds is 5. The molecule has 21 heavy (non-hydrogen) atoms. The Kier molecular flexibility index (Phi) is 4.18. The molecule has 0 atom stereocenters. The molecule has 2 rings (SSSR count). The van der Waals surface area contributed by atoms with Gasteiger partial charge in [0.05, 0.1) is 14.2 Å². The predicted molar refractivity (Wildman–Crippen MR) is 77.3 cm³/mol. The van der Waals surface area contributed by atoms with Crippen LogP contribution in [0.1, 0.15) is 16.7 Å². The topological polar surface area (TPSA) is 91.6 Å². The maximum absolute atomic E-state index is 11.4. The van der Waals surface area contributed by atoms with Crippen molar-refractivity contribution in [2.24, 2.45) is 0 Å². The molecule has 0 amide bonds. The van der Waals surface area contributed by atoms with Crippen LogP contribution in [0.25, 0.3) is 10.4 Å². The molecule has 0 aliphatic carbocycles. The van der Waals surface area contributed by atoms with Gasteiger partial charge in [0.1, 0.15) is 4.88 Å². The second kappa shape index (κ2) is 5.88. The second-order valence-corrected chi connectivity index (χ2v) is 5.05. The fraction of sp³-hybridized carbons (Fsp3) is 0.231. The number of carbonyl (C=O) groups excluding carboxylic acids is 1. The Morgan fingerprint density at radius 1 is 1.29 bits per heavy atom. The van der Waals surface area contributed by atoms with Gasteiger partial charge in [0, 0.05) is 12.5 Å². The molecule has 0 aliphatic rings. The van der Waals surface area contributed by atoms with Gasteiger partial charge in [0.25, 0.3) is 5.01 Å². The summed E-state index contributed by atoms with van der Waals surface area (Å²) in [5.74, 6) is 0.314. The highest BCUT2D eigenvalue weighted by atomic mass is 32.1. The van der Waals surface area contributed by atoms with Crippen molar-refractivity contribution in [1.29, 1.82) is 0 Å². The number of nitrogens with zero attached hydrogens (tertiary/aromatic N) is 2. The molecule has 0 fully saturated rings. The van der Waals surface area contributed by atoms with Gasteiger partial charge in [-0.3, -0.25) is 4.79 Å². The van der Waals surface area contributed by atoms with Crippen molar-refractivity contribution in [2.45, 2.75) is 6.92 Å². The lowest BCUT2D eigenvalue weighted by atomic mass is 10.1. The third-order valence-electron chi connectivity index (χ3n) is 2.73. The highest BCUT2D eigenvalue weighted by Crippen LogP contribution is 2.39. The van der Waals surface area contributed by atoms with Crippen LogP contribution in [-0.4, -0.2) is 29.9 Å². The van der Waals surface area contributed by atoms with Crippen molar-refractivity contribution < 1.29 is 19.2 Å². The van der Waals surface area contributed by atoms with Crippen LogP contribution in [0.3, 0.4) is 0 Å². The zero-order valence-corrected chi connectivity index (χ0v) is 12.4. The van der Waals surface area contributed by atoms with Crippen LogP contribution in [0.5, 0.6) is 11.5 Å². The fourth-order valence-corrected chi connectivity index (χ4v) is 2.68. The number of hydrogen-bond donors (Lipinski definition) is 0. The molecule has 0 N–H and O–H groups in total. The zero-order valence-electron chi connectivity index (χ0n) is 11.6. The Morgan fingerprint density at radius 3 is 2.48 bits per heavy atom. The number of carbonyl (C=O) groups is 1. The van der Waals surface area contributed by atoms with Crippen molar-refractivity contribution in [1.82, 2.24) is 4.98 Å². The summed E-state index contributed by atoms with van der Waals surface area (Å²) < 4.78 is 10.3. The van der Waals surface area contributed by atoms with Gasteiger partial charge in [-0.1, -0.05) is 11.3 Å². The molecule has 7 nitrogen and oxygen atoms in total. The Balaban J connectivity index is 2.60. The Hall–Kier alpha value is -2.48. The molecular formula is C13H12N2O5S. The van der Waals surface area contributed by atoms with E-state index < -0.39 is 4.92 Å². The molecule has 0 saturated heterocycles. The molecule has 0 radical (unpaired) electrons. The van der Waals surface area contributed by atoms with Gasteiger partial charge in [-0.15, -0.1) is 0 Å². The third-order valence-corrected chi connectivity index (χ3v) is 3.92. The average molecular weight is 308 g/mol. The number of ether oxygens (including phenoxy) is 2. The van der Waals surface area contributed by atoms with Crippen LogP contribution in [0.15, 0.2) is 18.2 Å². The first-order chi connectivity index (χ1) is 9.97. The number of aromatic nitrogens is 1. The summed E-state index contributed by atoms with van der Waals surface area (Å²) in [4.78, 5) is 26.0. The van der Waals surface area contributed by atoms with E-state index in [1.54, 1.807) is 18.2 Å². The molecule has 1 heterocycles. The van der Waals surface area contributed by atoms with E-state index in [9.17, 15) is 14.9 Å². The highest BCUT2D eigenvalue weighted by molar-refractivity contribution is 7.17. The van der Waals surface area contributed by atoms with Gasteiger partial charge in [0.15, 0.2) is 11.5 Å². The molecule has 8 heteroatoms. The van der Waals surface area contributed by atoms with Crippen LogP contribution in [-0.2, 0) is 0 Å². The summed E-state index contributed by atoms with van der Waals surface area (Å²) >= 11 is 0.983. The maximum atomic E-state index is 11.4. The van der Waals surface area contributed by atoms with Crippen molar-refractivity contribution in [3.63, 3.8) is 0 Å². The van der Waals surface area contributed by atoms with Crippen molar-refractivity contribution in [2.75, 3.05) is 14.2 Å². The summed E-state index contributed by atoms with van der Waals surface area (Å²) in [6.07, 6.45) is 0. The average Bonchev–Trinajstić information content (AvgIpc) is 2.92. The van der Waals surface area contributed by atoms with Crippen LogP contribution >= 0.6 is 11.3 Å². The van der Waals surface area contributed by atoms with Gasteiger partial charge in [-0.2, -0.15) is 0 Å². The Morgan fingerprint density at radius 2 is 1.95 bits per heavy atom. The number of thiazole rings is 1. The summed E-state index contributed by atoms with van der Waals surface area (Å²) in [5.41, 5.74) is 0.546. The minimum Gasteiger partial charge on any atom is -0.493 e. The lowest BCUT2D eigenvalue weighted by molar-refractivity contribution is -0.388. The predicted octanol–water partition coefficient (Wildman–Crippen LogP) is 2.94. The maximum Gasteiger partial charge on any atom is 0.383 e.